The van der Waals surface area contributed by atoms with Crippen molar-refractivity contribution in [2.45, 2.75) is 19.8 Å². The van der Waals surface area contributed by atoms with Gasteiger partial charge in [-0.05, 0) is 18.1 Å². The van der Waals surface area contributed by atoms with Gasteiger partial charge in [0.2, 0.25) is 0 Å². The minimum atomic E-state index is 0.00537. The highest BCUT2D eigenvalue weighted by Crippen LogP contribution is 2.36. The van der Waals surface area contributed by atoms with Gasteiger partial charge in [0, 0.05) is 23.6 Å². The van der Waals surface area contributed by atoms with Gasteiger partial charge in [-0.15, -0.1) is 0 Å². The van der Waals surface area contributed by atoms with Crippen molar-refractivity contribution in [3.63, 3.8) is 0 Å². The van der Waals surface area contributed by atoms with Gasteiger partial charge in [-0.1, -0.05) is 19.9 Å². The van der Waals surface area contributed by atoms with Gasteiger partial charge in [0.15, 0.2) is 0 Å². The van der Waals surface area contributed by atoms with Crippen LogP contribution in [0.1, 0.15) is 35.7 Å². The van der Waals surface area contributed by atoms with Crippen molar-refractivity contribution in [3.05, 3.63) is 29.3 Å². The maximum absolute atomic E-state index is 11.8. The van der Waals surface area contributed by atoms with Crippen LogP contribution in [0.15, 0.2) is 18.2 Å². The maximum Gasteiger partial charge on any atom is 0.251 e. The molecule has 1 aromatic rings. The first-order valence-corrected chi connectivity index (χ1v) is 5.60. The van der Waals surface area contributed by atoms with Crippen molar-refractivity contribution in [2.75, 3.05) is 13.7 Å². The van der Waals surface area contributed by atoms with E-state index in [4.69, 9.17) is 4.74 Å². The lowest BCUT2D eigenvalue weighted by Crippen LogP contribution is -2.37. The SMILES string of the molecule is COc1cccc2c1C(C(C)C)CNC2=O. The van der Waals surface area contributed by atoms with Crippen molar-refractivity contribution < 1.29 is 9.53 Å². The third-order valence-corrected chi connectivity index (χ3v) is 3.19. The van der Waals surface area contributed by atoms with Crippen LogP contribution in [0.5, 0.6) is 5.75 Å². The highest BCUT2D eigenvalue weighted by Gasteiger charge is 2.29. The minimum absolute atomic E-state index is 0.00537. The number of amides is 1. The second kappa shape index (κ2) is 4.16. The molecule has 0 aliphatic carbocycles. The van der Waals surface area contributed by atoms with E-state index in [9.17, 15) is 4.79 Å². The Hall–Kier alpha value is -1.51. The fourth-order valence-electron chi connectivity index (χ4n) is 2.27. The van der Waals surface area contributed by atoms with Gasteiger partial charge >= 0.3 is 0 Å². The zero-order valence-electron chi connectivity index (χ0n) is 9.91. The van der Waals surface area contributed by atoms with Crippen LogP contribution in [0.25, 0.3) is 0 Å². The fourth-order valence-corrected chi connectivity index (χ4v) is 2.27. The summed E-state index contributed by atoms with van der Waals surface area (Å²) in [4.78, 5) is 11.8. The minimum Gasteiger partial charge on any atom is -0.496 e. The number of fused-ring (bicyclic) bond motifs is 1. The molecule has 1 amide bonds. The Labute approximate surface area is 95.8 Å². The highest BCUT2D eigenvalue weighted by molar-refractivity contribution is 5.97. The third-order valence-electron chi connectivity index (χ3n) is 3.19. The van der Waals surface area contributed by atoms with Gasteiger partial charge in [-0.25, -0.2) is 0 Å². The molecule has 0 radical (unpaired) electrons. The van der Waals surface area contributed by atoms with E-state index in [2.05, 4.69) is 19.2 Å². The van der Waals surface area contributed by atoms with Crippen molar-refractivity contribution in [1.82, 2.24) is 5.32 Å². The Morgan fingerprint density at radius 1 is 1.44 bits per heavy atom. The van der Waals surface area contributed by atoms with E-state index in [1.165, 1.54) is 0 Å². The first-order chi connectivity index (χ1) is 7.65. The Morgan fingerprint density at radius 2 is 2.19 bits per heavy atom. The summed E-state index contributed by atoms with van der Waals surface area (Å²) in [5, 5.41) is 2.93. The summed E-state index contributed by atoms with van der Waals surface area (Å²) < 4.78 is 5.36. The molecule has 0 aromatic heterocycles. The first-order valence-electron chi connectivity index (χ1n) is 5.60. The van der Waals surface area contributed by atoms with Crippen molar-refractivity contribution in [3.8, 4) is 5.75 Å². The molecule has 0 saturated heterocycles. The van der Waals surface area contributed by atoms with Gasteiger partial charge in [-0.3, -0.25) is 4.79 Å². The average Bonchev–Trinajstić information content (AvgIpc) is 2.28. The van der Waals surface area contributed by atoms with Crippen LogP contribution in [0.3, 0.4) is 0 Å². The molecule has 1 aliphatic heterocycles. The Balaban J connectivity index is 2.57. The van der Waals surface area contributed by atoms with Crippen molar-refractivity contribution in [2.24, 2.45) is 5.92 Å². The van der Waals surface area contributed by atoms with Gasteiger partial charge in [0.25, 0.3) is 5.91 Å². The number of methoxy groups -OCH3 is 1. The Morgan fingerprint density at radius 3 is 2.81 bits per heavy atom. The van der Waals surface area contributed by atoms with Crippen LogP contribution in [0.2, 0.25) is 0 Å². The summed E-state index contributed by atoms with van der Waals surface area (Å²) in [7, 11) is 1.65. The summed E-state index contributed by atoms with van der Waals surface area (Å²) >= 11 is 0. The summed E-state index contributed by atoms with van der Waals surface area (Å²) in [5.41, 5.74) is 1.81. The summed E-state index contributed by atoms with van der Waals surface area (Å²) in [6.45, 7) is 5.03. The maximum atomic E-state index is 11.8. The number of nitrogens with one attached hydrogen (secondary N) is 1. The Bertz CT molecular complexity index is 412. The molecule has 0 saturated carbocycles. The largest absolute Gasteiger partial charge is 0.496 e. The molecule has 1 unspecified atom stereocenters. The van der Waals surface area contributed by atoms with E-state index in [-0.39, 0.29) is 5.91 Å². The smallest absolute Gasteiger partial charge is 0.251 e. The number of hydrogen-bond donors (Lipinski definition) is 1. The van der Waals surface area contributed by atoms with E-state index < -0.39 is 0 Å². The van der Waals surface area contributed by atoms with E-state index in [1.54, 1.807) is 7.11 Å². The van der Waals surface area contributed by atoms with Crippen molar-refractivity contribution in [1.29, 1.82) is 0 Å². The van der Waals surface area contributed by atoms with E-state index in [1.807, 2.05) is 18.2 Å². The van der Waals surface area contributed by atoms with Gasteiger partial charge < -0.3 is 10.1 Å². The lowest BCUT2D eigenvalue weighted by Gasteiger charge is -2.30. The zero-order valence-corrected chi connectivity index (χ0v) is 9.91. The third kappa shape index (κ3) is 1.66. The van der Waals surface area contributed by atoms with Crippen LogP contribution < -0.4 is 10.1 Å². The predicted octanol–water partition coefficient (Wildman–Crippen LogP) is 2.18. The van der Waals surface area contributed by atoms with E-state index in [0.717, 1.165) is 16.9 Å². The van der Waals surface area contributed by atoms with Gasteiger partial charge in [0.1, 0.15) is 5.75 Å². The van der Waals surface area contributed by atoms with Crippen LogP contribution in [0.4, 0.5) is 0 Å². The number of hydrogen-bond acceptors (Lipinski definition) is 2. The van der Waals surface area contributed by atoms with Crippen LogP contribution in [0, 0.1) is 5.92 Å². The van der Waals surface area contributed by atoms with Crippen LogP contribution in [-0.4, -0.2) is 19.6 Å². The lowest BCUT2D eigenvalue weighted by atomic mass is 9.82. The topological polar surface area (TPSA) is 38.3 Å². The van der Waals surface area contributed by atoms with Crippen LogP contribution >= 0.6 is 0 Å². The molecule has 1 N–H and O–H groups in total. The molecular weight excluding hydrogens is 202 g/mol. The molecule has 0 spiro atoms. The number of ether oxygens (including phenoxy) is 1. The molecule has 1 atom stereocenters. The normalized spacial score (nSPS) is 19.2. The van der Waals surface area contributed by atoms with Crippen molar-refractivity contribution >= 4 is 5.91 Å². The summed E-state index contributed by atoms with van der Waals surface area (Å²) in [6.07, 6.45) is 0. The molecule has 3 heteroatoms. The molecule has 0 fully saturated rings. The molecule has 1 heterocycles. The number of carbonyl (C=O) groups is 1. The molecule has 0 bridgehead atoms. The first kappa shape index (κ1) is 11.0. The lowest BCUT2D eigenvalue weighted by molar-refractivity contribution is 0.0935. The summed E-state index contributed by atoms with van der Waals surface area (Å²) in [5.74, 6) is 1.65. The van der Waals surface area contributed by atoms with E-state index in [0.29, 0.717) is 18.4 Å². The highest BCUT2D eigenvalue weighted by atomic mass is 16.5. The molecule has 1 aromatic carbocycles. The standard InChI is InChI=1S/C13H17NO2/c1-8(2)10-7-14-13(15)9-5-4-6-11(16-3)12(9)10/h4-6,8,10H,7H2,1-3H3,(H,14,15). The molecule has 86 valence electrons. The summed E-state index contributed by atoms with van der Waals surface area (Å²) in [6, 6.07) is 5.65. The predicted molar refractivity (Wildman–Crippen MR) is 62.9 cm³/mol. The zero-order chi connectivity index (χ0) is 11.7. The molecule has 3 nitrogen and oxygen atoms in total. The molecule has 16 heavy (non-hydrogen) atoms. The number of carbonyl (C=O) groups excluding carboxylic acids is 1. The molecule has 1 aliphatic rings. The number of benzene rings is 1. The van der Waals surface area contributed by atoms with E-state index >= 15 is 0 Å². The average molecular weight is 219 g/mol. The monoisotopic (exact) mass is 219 g/mol. The molecule has 2 rings (SSSR count). The van der Waals surface area contributed by atoms with Gasteiger partial charge in [-0.2, -0.15) is 0 Å². The second-order valence-electron chi connectivity index (χ2n) is 4.48. The quantitative estimate of drug-likeness (QED) is 0.828. The number of rotatable bonds is 2. The molecular formula is C13H17NO2. The van der Waals surface area contributed by atoms with Gasteiger partial charge in [0.05, 0.1) is 7.11 Å². The fraction of sp³-hybridized carbons (Fsp3) is 0.462. The van der Waals surface area contributed by atoms with Crippen LogP contribution in [-0.2, 0) is 0 Å². The second-order valence-corrected chi connectivity index (χ2v) is 4.48. The Kier molecular flexibility index (Phi) is 2.86.